The van der Waals surface area contributed by atoms with Gasteiger partial charge in [0.15, 0.2) is 0 Å². The quantitative estimate of drug-likeness (QED) is 0.691. The van der Waals surface area contributed by atoms with Crippen molar-refractivity contribution in [2.75, 3.05) is 0 Å². The normalized spacial score (nSPS) is 11.6. The summed E-state index contributed by atoms with van der Waals surface area (Å²) in [6.45, 7) is 0.842. The van der Waals surface area contributed by atoms with Crippen LogP contribution in [0.4, 0.5) is 0 Å². The number of imidazole rings is 1. The van der Waals surface area contributed by atoms with E-state index in [1.165, 1.54) is 18.2 Å². The lowest BCUT2D eigenvalue weighted by Crippen LogP contribution is -2.23. The zero-order valence-corrected chi connectivity index (χ0v) is 15.4. The molecule has 0 aliphatic heterocycles. The van der Waals surface area contributed by atoms with E-state index in [1.807, 2.05) is 35.0 Å². The number of hydrogen-bond donors (Lipinski definition) is 1. The highest BCUT2D eigenvalue weighted by molar-refractivity contribution is 7.89. The number of nitrogens with zero attached hydrogens (tertiary/aromatic N) is 2. The van der Waals surface area contributed by atoms with Crippen LogP contribution in [0.3, 0.4) is 0 Å². The molecule has 0 atom stereocenters. The average molecular weight is 396 g/mol. The maximum absolute atomic E-state index is 12.4. The highest BCUT2D eigenvalue weighted by Crippen LogP contribution is 2.22. The molecule has 0 spiro atoms. The first-order chi connectivity index (χ1) is 11.9. The molecule has 0 radical (unpaired) electrons. The van der Waals surface area contributed by atoms with E-state index >= 15 is 0 Å². The molecular formula is C17H15Cl2N3O2S. The Morgan fingerprint density at radius 1 is 1.04 bits per heavy atom. The van der Waals surface area contributed by atoms with Crippen molar-refractivity contribution in [2.24, 2.45) is 0 Å². The van der Waals surface area contributed by atoms with Gasteiger partial charge < -0.3 is 4.57 Å². The zero-order valence-electron chi connectivity index (χ0n) is 13.1. The third-order valence-electron chi connectivity index (χ3n) is 3.53. The van der Waals surface area contributed by atoms with Crippen LogP contribution in [-0.4, -0.2) is 18.0 Å². The molecule has 3 aromatic rings. The molecule has 0 aliphatic rings. The molecule has 8 heteroatoms. The van der Waals surface area contributed by atoms with Gasteiger partial charge in [0.05, 0.1) is 11.2 Å². The van der Waals surface area contributed by atoms with Gasteiger partial charge in [-0.2, -0.15) is 0 Å². The predicted octanol–water partition coefficient (Wildman–Crippen LogP) is 3.72. The topological polar surface area (TPSA) is 64.0 Å². The first kappa shape index (κ1) is 17.9. The molecule has 1 N–H and O–H groups in total. The number of rotatable bonds is 6. The SMILES string of the molecule is O=S(=O)(NCc1cccc(Cn2ccnc2)c1)c1cc(Cl)cc(Cl)c1. The van der Waals surface area contributed by atoms with E-state index in [0.717, 1.165) is 11.1 Å². The van der Waals surface area contributed by atoms with E-state index < -0.39 is 10.0 Å². The summed E-state index contributed by atoms with van der Waals surface area (Å²) in [5.74, 6) is 0. The lowest BCUT2D eigenvalue weighted by molar-refractivity contribution is 0.581. The van der Waals surface area contributed by atoms with Crippen molar-refractivity contribution < 1.29 is 8.42 Å². The molecule has 0 fully saturated rings. The van der Waals surface area contributed by atoms with Crippen molar-refractivity contribution in [1.29, 1.82) is 0 Å². The van der Waals surface area contributed by atoms with Crippen molar-refractivity contribution in [2.45, 2.75) is 18.0 Å². The van der Waals surface area contributed by atoms with Crippen molar-refractivity contribution in [3.8, 4) is 0 Å². The van der Waals surface area contributed by atoms with E-state index in [0.29, 0.717) is 6.54 Å². The fourth-order valence-electron chi connectivity index (χ4n) is 2.37. The molecule has 0 unspecified atom stereocenters. The molecule has 5 nitrogen and oxygen atoms in total. The van der Waals surface area contributed by atoms with Crippen LogP contribution in [-0.2, 0) is 23.1 Å². The summed E-state index contributed by atoms with van der Waals surface area (Å²) in [5, 5.41) is 0.547. The molecule has 0 amide bonds. The summed E-state index contributed by atoms with van der Waals surface area (Å²) >= 11 is 11.8. The van der Waals surface area contributed by atoms with Gasteiger partial charge in [0.2, 0.25) is 10.0 Å². The van der Waals surface area contributed by atoms with Gasteiger partial charge in [0.25, 0.3) is 0 Å². The average Bonchev–Trinajstić information content (AvgIpc) is 3.05. The summed E-state index contributed by atoms with van der Waals surface area (Å²) in [6.07, 6.45) is 5.32. The largest absolute Gasteiger partial charge is 0.333 e. The second kappa shape index (κ2) is 7.58. The molecule has 2 aromatic carbocycles. The molecule has 25 heavy (non-hydrogen) atoms. The van der Waals surface area contributed by atoms with Crippen LogP contribution in [0.2, 0.25) is 10.0 Å². The predicted molar refractivity (Wildman–Crippen MR) is 98.3 cm³/mol. The summed E-state index contributed by atoms with van der Waals surface area (Å²) in [4.78, 5) is 4.05. The maximum Gasteiger partial charge on any atom is 0.240 e. The first-order valence-corrected chi connectivity index (χ1v) is 9.66. The second-order valence-corrected chi connectivity index (χ2v) is 8.12. The van der Waals surface area contributed by atoms with Crippen LogP contribution < -0.4 is 4.72 Å². The molecule has 1 aromatic heterocycles. The summed E-state index contributed by atoms with van der Waals surface area (Å²) < 4.78 is 29.3. The van der Waals surface area contributed by atoms with E-state index in [4.69, 9.17) is 23.2 Å². The van der Waals surface area contributed by atoms with Crippen LogP contribution in [0.1, 0.15) is 11.1 Å². The van der Waals surface area contributed by atoms with E-state index in [2.05, 4.69) is 9.71 Å². The number of sulfonamides is 1. The van der Waals surface area contributed by atoms with Gasteiger partial charge >= 0.3 is 0 Å². The number of aromatic nitrogens is 2. The standard InChI is InChI=1S/C17H15Cl2N3O2S/c18-15-7-16(19)9-17(8-15)25(23,24)21-10-13-2-1-3-14(6-13)11-22-5-4-20-12-22/h1-9,12,21H,10-11H2. The highest BCUT2D eigenvalue weighted by atomic mass is 35.5. The zero-order chi connectivity index (χ0) is 17.9. The van der Waals surface area contributed by atoms with E-state index in [9.17, 15) is 8.42 Å². The first-order valence-electron chi connectivity index (χ1n) is 7.42. The van der Waals surface area contributed by atoms with Crippen LogP contribution in [0.15, 0.2) is 66.1 Å². The molecule has 130 valence electrons. The second-order valence-electron chi connectivity index (χ2n) is 5.48. The van der Waals surface area contributed by atoms with Gasteiger partial charge in [0, 0.05) is 35.5 Å². The summed E-state index contributed by atoms with van der Waals surface area (Å²) in [7, 11) is -3.70. The van der Waals surface area contributed by atoms with Gasteiger partial charge in [-0.25, -0.2) is 18.1 Å². The van der Waals surface area contributed by atoms with Crippen molar-refractivity contribution in [1.82, 2.24) is 14.3 Å². The fourth-order valence-corrected chi connectivity index (χ4v) is 4.12. The maximum atomic E-state index is 12.4. The number of nitrogens with one attached hydrogen (secondary N) is 1. The Balaban J connectivity index is 1.72. The molecule has 0 aliphatic carbocycles. The van der Waals surface area contributed by atoms with Gasteiger partial charge in [-0.3, -0.25) is 0 Å². The number of hydrogen-bond acceptors (Lipinski definition) is 3. The van der Waals surface area contributed by atoms with Crippen molar-refractivity contribution >= 4 is 33.2 Å². The Kier molecular flexibility index (Phi) is 5.44. The Labute approximate surface area is 156 Å². The van der Waals surface area contributed by atoms with Crippen LogP contribution in [0.5, 0.6) is 0 Å². The van der Waals surface area contributed by atoms with Gasteiger partial charge in [-0.05, 0) is 29.3 Å². The lowest BCUT2D eigenvalue weighted by atomic mass is 10.1. The number of benzene rings is 2. The lowest BCUT2D eigenvalue weighted by Gasteiger charge is -2.09. The Morgan fingerprint density at radius 3 is 2.44 bits per heavy atom. The van der Waals surface area contributed by atoms with E-state index in [1.54, 1.807) is 12.5 Å². The highest BCUT2D eigenvalue weighted by Gasteiger charge is 2.15. The minimum Gasteiger partial charge on any atom is -0.333 e. The molecule has 0 saturated carbocycles. The summed E-state index contributed by atoms with van der Waals surface area (Å²) in [5.41, 5.74) is 1.91. The van der Waals surface area contributed by atoms with Gasteiger partial charge in [0.1, 0.15) is 0 Å². The number of halogens is 2. The van der Waals surface area contributed by atoms with Crippen LogP contribution in [0.25, 0.3) is 0 Å². The fraction of sp³-hybridized carbons (Fsp3) is 0.118. The third-order valence-corrected chi connectivity index (χ3v) is 5.35. The Morgan fingerprint density at radius 2 is 1.76 bits per heavy atom. The monoisotopic (exact) mass is 395 g/mol. The van der Waals surface area contributed by atoms with Crippen LogP contribution >= 0.6 is 23.2 Å². The molecule has 0 saturated heterocycles. The van der Waals surface area contributed by atoms with Crippen molar-refractivity contribution in [3.05, 3.63) is 82.4 Å². The van der Waals surface area contributed by atoms with Crippen molar-refractivity contribution in [3.63, 3.8) is 0 Å². The molecule has 1 heterocycles. The molecule has 0 bridgehead atoms. The summed E-state index contributed by atoms with van der Waals surface area (Å²) in [6, 6.07) is 11.9. The van der Waals surface area contributed by atoms with Gasteiger partial charge in [-0.15, -0.1) is 0 Å². The van der Waals surface area contributed by atoms with Crippen LogP contribution in [0, 0.1) is 0 Å². The Bertz CT molecular complexity index is 953. The minimum absolute atomic E-state index is 0.0413. The van der Waals surface area contributed by atoms with E-state index in [-0.39, 0.29) is 21.5 Å². The minimum atomic E-state index is -3.70. The third kappa shape index (κ3) is 4.83. The smallest absolute Gasteiger partial charge is 0.240 e. The Hall–Kier alpha value is -1.86. The molecule has 3 rings (SSSR count). The molecular weight excluding hydrogens is 381 g/mol. The van der Waals surface area contributed by atoms with Gasteiger partial charge in [-0.1, -0.05) is 47.5 Å².